The molecule has 5 rings (SSSR count). The number of H-pyrrole nitrogens is 1. The molecule has 0 radical (unpaired) electrons. The first-order valence-electron chi connectivity index (χ1n) is 10.8. The number of aromatic amines is 1. The van der Waals surface area contributed by atoms with Crippen molar-refractivity contribution < 1.29 is 13.6 Å². The maximum atomic E-state index is 15.0. The summed E-state index contributed by atoms with van der Waals surface area (Å²) < 4.78 is 29.6. The molecule has 1 aliphatic heterocycles. The van der Waals surface area contributed by atoms with Gasteiger partial charge in [-0.15, -0.1) is 0 Å². The van der Waals surface area contributed by atoms with Crippen molar-refractivity contribution in [3.8, 4) is 0 Å². The van der Waals surface area contributed by atoms with E-state index in [-0.39, 0.29) is 28.2 Å². The van der Waals surface area contributed by atoms with Gasteiger partial charge in [-0.25, -0.2) is 9.37 Å². The smallest absolute Gasteiger partial charge is 0.270 e. The van der Waals surface area contributed by atoms with Crippen molar-refractivity contribution in [3.05, 3.63) is 68.7 Å². The molecule has 0 unspecified atom stereocenters. The van der Waals surface area contributed by atoms with Crippen LogP contribution in [0, 0.1) is 11.8 Å². The zero-order valence-electron chi connectivity index (χ0n) is 17.7. The molecule has 1 aromatic carbocycles. The van der Waals surface area contributed by atoms with Gasteiger partial charge in [0, 0.05) is 49.7 Å². The molecule has 10 heteroatoms. The van der Waals surface area contributed by atoms with Crippen LogP contribution < -0.4 is 15.8 Å². The summed E-state index contributed by atoms with van der Waals surface area (Å²) >= 11 is 5.83. The summed E-state index contributed by atoms with van der Waals surface area (Å²) in [5, 5.41) is 3.35. The van der Waals surface area contributed by atoms with E-state index in [1.807, 2.05) is 4.90 Å². The lowest BCUT2D eigenvalue weighted by Gasteiger charge is -2.36. The molecule has 1 saturated heterocycles. The van der Waals surface area contributed by atoms with Crippen molar-refractivity contribution in [2.75, 3.05) is 31.1 Å². The molecule has 1 amide bonds. The fourth-order valence-corrected chi connectivity index (χ4v) is 4.21. The second-order valence-electron chi connectivity index (χ2n) is 8.47. The predicted molar refractivity (Wildman–Crippen MR) is 122 cm³/mol. The highest BCUT2D eigenvalue weighted by Gasteiger charge is 2.26. The molecule has 1 saturated carbocycles. The summed E-state index contributed by atoms with van der Waals surface area (Å²) in [4.78, 5) is 34.1. The normalized spacial score (nSPS) is 16.9. The molecule has 0 bridgehead atoms. The first-order chi connectivity index (χ1) is 15.9. The summed E-state index contributed by atoms with van der Waals surface area (Å²) in [7, 11) is 0. The molecule has 33 heavy (non-hydrogen) atoms. The summed E-state index contributed by atoms with van der Waals surface area (Å²) in [6.45, 7) is 2.62. The maximum Gasteiger partial charge on any atom is 0.270 e. The van der Waals surface area contributed by atoms with Crippen molar-refractivity contribution in [2.24, 2.45) is 0 Å². The zero-order valence-corrected chi connectivity index (χ0v) is 18.5. The summed E-state index contributed by atoms with van der Waals surface area (Å²) in [5.74, 6) is -1.50. The number of fused-ring (bicyclic) bond motifs is 1. The molecule has 2 aromatic heterocycles. The van der Waals surface area contributed by atoms with E-state index in [9.17, 15) is 18.4 Å². The second kappa shape index (κ2) is 8.72. The topological polar surface area (TPSA) is 81.3 Å². The van der Waals surface area contributed by atoms with Crippen LogP contribution in [-0.4, -0.2) is 53.0 Å². The number of aromatic nitrogens is 2. The summed E-state index contributed by atoms with van der Waals surface area (Å²) in [5.41, 5.74) is 0.504. The Kier molecular flexibility index (Phi) is 5.76. The van der Waals surface area contributed by atoms with Crippen molar-refractivity contribution >= 4 is 34.1 Å². The van der Waals surface area contributed by atoms with Gasteiger partial charge >= 0.3 is 0 Å². The predicted octanol–water partition coefficient (Wildman–Crippen LogP) is 3.07. The molecule has 2 aliphatic rings. The lowest BCUT2D eigenvalue weighted by Crippen LogP contribution is -2.46. The minimum atomic E-state index is -0.671. The van der Waals surface area contributed by atoms with Gasteiger partial charge in [0.25, 0.3) is 11.5 Å². The highest BCUT2D eigenvalue weighted by atomic mass is 35.5. The third-order valence-electron chi connectivity index (χ3n) is 6.07. The number of anilines is 1. The Morgan fingerprint density at radius 1 is 1.15 bits per heavy atom. The van der Waals surface area contributed by atoms with E-state index in [0.29, 0.717) is 49.4 Å². The first kappa shape index (κ1) is 21.8. The van der Waals surface area contributed by atoms with Gasteiger partial charge < -0.3 is 15.2 Å². The number of piperazine rings is 1. The fourth-order valence-electron chi connectivity index (χ4n) is 4.04. The molecular weight excluding hydrogens is 452 g/mol. The SMILES string of the molecule is O=C(NC1CC1)c1ccc(N2CCN(Cc3ccc4cc(Cl)c(=O)[nH]c4c3F)CC2)c(F)n1. The Hall–Kier alpha value is -3.04. The molecule has 7 nitrogen and oxygen atoms in total. The Labute approximate surface area is 193 Å². The number of pyridine rings is 2. The summed E-state index contributed by atoms with van der Waals surface area (Å²) in [6.07, 6.45) is 1.90. The number of amides is 1. The lowest BCUT2D eigenvalue weighted by atomic mass is 10.1. The molecule has 3 aromatic rings. The molecule has 0 atom stereocenters. The molecule has 1 aliphatic carbocycles. The van der Waals surface area contributed by atoms with Crippen molar-refractivity contribution in [1.29, 1.82) is 0 Å². The number of hydrogen-bond acceptors (Lipinski definition) is 5. The van der Waals surface area contributed by atoms with Crippen LogP contribution in [0.15, 0.2) is 35.1 Å². The van der Waals surface area contributed by atoms with E-state index in [0.717, 1.165) is 12.8 Å². The molecule has 3 heterocycles. The maximum absolute atomic E-state index is 15.0. The van der Waals surface area contributed by atoms with Gasteiger partial charge in [-0.1, -0.05) is 23.7 Å². The first-order valence-corrected chi connectivity index (χ1v) is 11.2. The van der Waals surface area contributed by atoms with E-state index in [4.69, 9.17) is 11.6 Å². The highest BCUT2D eigenvalue weighted by molar-refractivity contribution is 6.31. The Morgan fingerprint density at radius 3 is 2.61 bits per heavy atom. The minimum Gasteiger partial charge on any atom is -0.365 e. The van der Waals surface area contributed by atoms with Crippen molar-refractivity contribution in [2.45, 2.75) is 25.4 Å². The van der Waals surface area contributed by atoms with Crippen molar-refractivity contribution in [1.82, 2.24) is 20.2 Å². The van der Waals surface area contributed by atoms with Crippen LogP contribution in [0.2, 0.25) is 5.02 Å². The van der Waals surface area contributed by atoms with Gasteiger partial charge in [-0.2, -0.15) is 4.39 Å². The number of rotatable bonds is 5. The summed E-state index contributed by atoms with van der Waals surface area (Å²) in [6, 6.07) is 8.18. The van der Waals surface area contributed by atoms with E-state index >= 15 is 0 Å². The number of nitrogens with one attached hydrogen (secondary N) is 2. The van der Waals surface area contributed by atoms with Crippen molar-refractivity contribution in [3.63, 3.8) is 0 Å². The second-order valence-corrected chi connectivity index (χ2v) is 8.87. The van der Waals surface area contributed by atoms with Gasteiger partial charge in [-0.05, 0) is 31.0 Å². The van der Waals surface area contributed by atoms with Gasteiger partial charge in [0.15, 0.2) is 5.82 Å². The van der Waals surface area contributed by atoms with E-state index in [2.05, 4.69) is 20.2 Å². The van der Waals surface area contributed by atoms with Crippen LogP contribution in [0.1, 0.15) is 28.9 Å². The number of hydrogen-bond donors (Lipinski definition) is 2. The number of benzene rings is 1. The van der Waals surface area contributed by atoms with E-state index in [1.54, 1.807) is 24.3 Å². The monoisotopic (exact) mass is 473 g/mol. The molecule has 2 fully saturated rings. The highest BCUT2D eigenvalue weighted by Crippen LogP contribution is 2.24. The van der Waals surface area contributed by atoms with Crippen LogP contribution in [0.25, 0.3) is 10.9 Å². The van der Waals surface area contributed by atoms with Crippen LogP contribution in [0.4, 0.5) is 14.5 Å². The Balaban J connectivity index is 1.24. The van der Waals surface area contributed by atoms with Crippen LogP contribution in [0.5, 0.6) is 0 Å². The molecular formula is C23H22ClF2N5O2. The van der Waals surface area contributed by atoms with Crippen LogP contribution >= 0.6 is 11.6 Å². The van der Waals surface area contributed by atoms with Crippen LogP contribution in [0.3, 0.4) is 0 Å². The Bertz CT molecular complexity index is 1290. The number of carbonyl (C=O) groups is 1. The zero-order chi connectivity index (χ0) is 23.1. The van der Waals surface area contributed by atoms with Gasteiger partial charge in [-0.3, -0.25) is 14.5 Å². The standard InChI is InChI=1S/C23H22ClF2N5O2/c24-16-11-13-1-2-14(19(25)20(13)29-22(16)32)12-30-7-9-31(10-8-30)18-6-5-17(28-21(18)26)23(33)27-15-3-4-15/h1-2,5-6,11,15H,3-4,7-10,12H2,(H,27,33)(H,29,32). The third kappa shape index (κ3) is 4.56. The largest absolute Gasteiger partial charge is 0.365 e. The quantitative estimate of drug-likeness (QED) is 0.557. The molecule has 2 N–H and O–H groups in total. The molecule has 0 spiro atoms. The minimum absolute atomic E-state index is 0.0177. The van der Waals surface area contributed by atoms with Gasteiger partial charge in [0.2, 0.25) is 5.95 Å². The van der Waals surface area contributed by atoms with Gasteiger partial charge in [0.1, 0.15) is 10.7 Å². The fraction of sp³-hybridized carbons (Fsp3) is 0.348. The average molecular weight is 474 g/mol. The Morgan fingerprint density at radius 2 is 1.91 bits per heavy atom. The van der Waals surface area contributed by atoms with E-state index < -0.39 is 17.3 Å². The number of carbonyl (C=O) groups excluding carboxylic acids is 1. The van der Waals surface area contributed by atoms with Gasteiger partial charge in [0.05, 0.1) is 11.2 Å². The number of halogens is 3. The average Bonchev–Trinajstić information content (AvgIpc) is 3.62. The third-order valence-corrected chi connectivity index (χ3v) is 6.35. The number of nitrogens with zero attached hydrogens (tertiary/aromatic N) is 3. The van der Waals surface area contributed by atoms with Crippen LogP contribution in [-0.2, 0) is 6.54 Å². The lowest BCUT2D eigenvalue weighted by molar-refractivity contribution is 0.0945. The molecule has 172 valence electrons. The van der Waals surface area contributed by atoms with E-state index in [1.165, 1.54) is 6.07 Å².